The Labute approximate surface area is 140 Å². The molecule has 116 valence electrons. The van der Waals surface area contributed by atoms with E-state index < -0.39 is 0 Å². The van der Waals surface area contributed by atoms with Gasteiger partial charge in [-0.25, -0.2) is 0 Å². The van der Waals surface area contributed by atoms with Gasteiger partial charge in [-0.15, -0.1) is 11.3 Å². The second-order valence-electron chi connectivity index (χ2n) is 5.56. The van der Waals surface area contributed by atoms with Crippen molar-refractivity contribution in [1.82, 2.24) is 5.32 Å². The van der Waals surface area contributed by atoms with Crippen LogP contribution < -0.4 is 5.32 Å². The summed E-state index contributed by atoms with van der Waals surface area (Å²) in [5, 5.41) is 5.15. The first-order valence-corrected chi connectivity index (χ1v) is 8.56. The number of nitrogens with one attached hydrogen (secondary N) is 1. The molecule has 0 aliphatic heterocycles. The predicted molar refractivity (Wildman–Crippen MR) is 95.9 cm³/mol. The van der Waals surface area contributed by atoms with Crippen molar-refractivity contribution in [2.45, 2.75) is 19.4 Å². The van der Waals surface area contributed by atoms with Gasteiger partial charge in [-0.3, -0.25) is 4.79 Å². The van der Waals surface area contributed by atoms with E-state index in [-0.39, 0.29) is 11.9 Å². The minimum Gasteiger partial charge on any atom is -0.344 e. The van der Waals surface area contributed by atoms with Gasteiger partial charge in [-0.1, -0.05) is 60.7 Å². The molecule has 0 saturated carbocycles. The highest BCUT2D eigenvalue weighted by Gasteiger charge is 2.18. The molecule has 2 nitrogen and oxygen atoms in total. The molecule has 3 rings (SSSR count). The maximum atomic E-state index is 12.6. The highest BCUT2D eigenvalue weighted by molar-refractivity contribution is 7.12. The van der Waals surface area contributed by atoms with Gasteiger partial charge in [0.25, 0.3) is 5.91 Å². The van der Waals surface area contributed by atoms with Crippen LogP contribution in [0.2, 0.25) is 0 Å². The number of aryl methyl sites for hydroxylation is 1. The molecule has 0 radical (unpaired) electrons. The van der Waals surface area contributed by atoms with Crippen LogP contribution in [0.1, 0.15) is 32.4 Å². The smallest absolute Gasteiger partial charge is 0.262 e. The van der Waals surface area contributed by atoms with Crippen molar-refractivity contribution in [1.29, 1.82) is 0 Å². The first-order chi connectivity index (χ1) is 11.2. The fourth-order valence-electron chi connectivity index (χ4n) is 2.62. The van der Waals surface area contributed by atoms with E-state index in [2.05, 4.69) is 29.6 Å². The molecule has 23 heavy (non-hydrogen) atoms. The van der Waals surface area contributed by atoms with Crippen LogP contribution >= 0.6 is 11.3 Å². The molecule has 3 aromatic rings. The zero-order valence-electron chi connectivity index (χ0n) is 13.0. The van der Waals surface area contributed by atoms with Crippen molar-refractivity contribution >= 4 is 17.2 Å². The topological polar surface area (TPSA) is 29.1 Å². The number of hydrogen-bond donors (Lipinski definition) is 1. The molecule has 0 fully saturated rings. The van der Waals surface area contributed by atoms with Crippen molar-refractivity contribution in [2.24, 2.45) is 0 Å². The standard InChI is InChI=1S/C20H19NOS/c1-15-12-13-23-19(15)20(22)21-18(17-10-6-3-7-11-17)14-16-8-4-2-5-9-16/h2-13,18H,14H2,1H3,(H,21,22)/t18-/m0/s1. The quantitative estimate of drug-likeness (QED) is 0.720. The lowest BCUT2D eigenvalue weighted by molar-refractivity contribution is 0.0940. The van der Waals surface area contributed by atoms with Gasteiger partial charge in [-0.05, 0) is 41.5 Å². The van der Waals surface area contributed by atoms with E-state index in [4.69, 9.17) is 0 Å². The second-order valence-corrected chi connectivity index (χ2v) is 6.48. The fraction of sp³-hybridized carbons (Fsp3) is 0.150. The van der Waals surface area contributed by atoms with Crippen LogP contribution in [0.25, 0.3) is 0 Å². The average Bonchev–Trinajstić information content (AvgIpc) is 3.02. The molecule has 0 bridgehead atoms. The summed E-state index contributed by atoms with van der Waals surface area (Å²) >= 11 is 1.49. The minimum atomic E-state index is -0.0346. The summed E-state index contributed by atoms with van der Waals surface area (Å²) in [5.41, 5.74) is 3.36. The van der Waals surface area contributed by atoms with Gasteiger partial charge in [0.05, 0.1) is 10.9 Å². The molecule has 3 heteroatoms. The van der Waals surface area contributed by atoms with Crippen LogP contribution in [-0.4, -0.2) is 5.91 Å². The highest BCUT2D eigenvalue weighted by Crippen LogP contribution is 2.21. The van der Waals surface area contributed by atoms with Crippen LogP contribution in [-0.2, 0) is 6.42 Å². The third-order valence-corrected chi connectivity index (χ3v) is 4.87. The second kappa shape index (κ2) is 7.25. The number of amides is 1. The van der Waals surface area contributed by atoms with Gasteiger partial charge in [-0.2, -0.15) is 0 Å². The van der Waals surface area contributed by atoms with E-state index in [0.717, 1.165) is 22.4 Å². The van der Waals surface area contributed by atoms with Crippen LogP contribution in [0.15, 0.2) is 72.1 Å². The molecule has 0 spiro atoms. The van der Waals surface area contributed by atoms with Crippen molar-refractivity contribution in [2.75, 3.05) is 0 Å². The summed E-state index contributed by atoms with van der Waals surface area (Å²) in [6.45, 7) is 1.97. The number of thiophene rings is 1. The van der Waals surface area contributed by atoms with Crippen molar-refractivity contribution in [3.05, 3.63) is 93.7 Å². The van der Waals surface area contributed by atoms with Crippen molar-refractivity contribution in [3.63, 3.8) is 0 Å². The Bertz CT molecular complexity index is 765. The van der Waals surface area contributed by atoms with Gasteiger partial charge >= 0.3 is 0 Å². The molecule has 1 amide bonds. The number of carbonyl (C=O) groups is 1. The predicted octanol–water partition coefficient (Wildman–Crippen LogP) is 4.77. The summed E-state index contributed by atoms with van der Waals surface area (Å²) in [6.07, 6.45) is 0.779. The molecule has 0 aliphatic rings. The van der Waals surface area contributed by atoms with Crippen molar-refractivity contribution in [3.8, 4) is 0 Å². The van der Waals surface area contributed by atoms with Crippen LogP contribution in [0, 0.1) is 6.92 Å². The lowest BCUT2D eigenvalue weighted by atomic mass is 9.98. The Kier molecular flexibility index (Phi) is 4.89. The highest BCUT2D eigenvalue weighted by atomic mass is 32.1. The lowest BCUT2D eigenvalue weighted by Gasteiger charge is -2.19. The molecule has 1 heterocycles. The molecule has 1 N–H and O–H groups in total. The fourth-order valence-corrected chi connectivity index (χ4v) is 3.44. The number of benzene rings is 2. The van der Waals surface area contributed by atoms with E-state index in [9.17, 15) is 4.79 Å². The Morgan fingerprint density at radius 1 is 1.00 bits per heavy atom. The normalized spacial score (nSPS) is 11.9. The lowest BCUT2D eigenvalue weighted by Crippen LogP contribution is -2.29. The van der Waals surface area contributed by atoms with Gasteiger partial charge in [0, 0.05) is 0 Å². The molecule has 0 saturated heterocycles. The first-order valence-electron chi connectivity index (χ1n) is 7.68. The van der Waals surface area contributed by atoms with Gasteiger partial charge in [0.2, 0.25) is 0 Å². The zero-order valence-corrected chi connectivity index (χ0v) is 13.8. The molecule has 0 aliphatic carbocycles. The maximum Gasteiger partial charge on any atom is 0.262 e. The molecule has 0 unspecified atom stereocenters. The Balaban J connectivity index is 1.83. The zero-order chi connectivity index (χ0) is 16.1. The summed E-state index contributed by atoms with van der Waals surface area (Å²) in [7, 11) is 0. The van der Waals surface area contributed by atoms with Gasteiger partial charge in [0.1, 0.15) is 0 Å². The summed E-state index contributed by atoms with van der Waals surface area (Å²) in [4.78, 5) is 13.4. The van der Waals surface area contributed by atoms with E-state index in [1.807, 2.05) is 54.8 Å². The molecule has 2 aromatic carbocycles. The monoisotopic (exact) mass is 321 g/mol. The Hall–Kier alpha value is -2.39. The minimum absolute atomic E-state index is 0.00211. The summed E-state index contributed by atoms with van der Waals surface area (Å²) in [6, 6.07) is 22.3. The molecular weight excluding hydrogens is 302 g/mol. The van der Waals surface area contributed by atoms with Gasteiger partial charge < -0.3 is 5.32 Å². The number of rotatable bonds is 5. The van der Waals surface area contributed by atoms with Crippen LogP contribution in [0.3, 0.4) is 0 Å². The van der Waals surface area contributed by atoms with E-state index >= 15 is 0 Å². The average molecular weight is 321 g/mol. The van der Waals surface area contributed by atoms with E-state index in [1.165, 1.54) is 16.9 Å². The summed E-state index contributed by atoms with van der Waals surface area (Å²) in [5.74, 6) is 0.00211. The van der Waals surface area contributed by atoms with E-state index in [1.54, 1.807) is 0 Å². The number of carbonyl (C=O) groups excluding carboxylic acids is 1. The van der Waals surface area contributed by atoms with Crippen LogP contribution in [0.4, 0.5) is 0 Å². The number of hydrogen-bond acceptors (Lipinski definition) is 2. The largest absolute Gasteiger partial charge is 0.344 e. The third-order valence-electron chi connectivity index (χ3n) is 3.86. The van der Waals surface area contributed by atoms with Gasteiger partial charge in [0.15, 0.2) is 0 Å². The molecular formula is C20H19NOS. The molecule has 1 atom stereocenters. The van der Waals surface area contributed by atoms with Crippen molar-refractivity contribution < 1.29 is 4.79 Å². The molecule has 1 aromatic heterocycles. The Morgan fingerprint density at radius 3 is 2.26 bits per heavy atom. The first kappa shape index (κ1) is 15.5. The third kappa shape index (κ3) is 3.88. The Morgan fingerprint density at radius 2 is 1.65 bits per heavy atom. The van der Waals surface area contributed by atoms with Crippen LogP contribution in [0.5, 0.6) is 0 Å². The summed E-state index contributed by atoms with van der Waals surface area (Å²) < 4.78 is 0. The maximum absolute atomic E-state index is 12.6. The SMILES string of the molecule is Cc1ccsc1C(=O)N[C@@H](Cc1ccccc1)c1ccccc1. The van der Waals surface area contributed by atoms with E-state index in [0.29, 0.717) is 0 Å².